The maximum absolute atomic E-state index is 5.37. The van der Waals surface area contributed by atoms with E-state index in [1.54, 1.807) is 10.7 Å². The summed E-state index contributed by atoms with van der Waals surface area (Å²) < 4.78 is 1.64. The van der Waals surface area contributed by atoms with Gasteiger partial charge in [-0.05, 0) is 12.6 Å². The molecule has 0 aliphatic carbocycles. The van der Waals surface area contributed by atoms with Gasteiger partial charge in [0.05, 0.1) is 0 Å². The normalized spacial score (nSPS) is 9.21. The number of rotatable bonds is 2. The van der Waals surface area contributed by atoms with Crippen molar-refractivity contribution >= 4 is 30.6 Å². The SMILES string of the molecule is Cl.Cl.NCCc1nc2ncccn2n1. The molecule has 0 amide bonds. The van der Waals surface area contributed by atoms with E-state index in [1.807, 2.05) is 12.3 Å². The zero-order valence-corrected chi connectivity index (χ0v) is 8.96. The summed E-state index contributed by atoms with van der Waals surface area (Å²) in [4.78, 5) is 8.20. The van der Waals surface area contributed by atoms with E-state index in [9.17, 15) is 0 Å². The van der Waals surface area contributed by atoms with Crippen LogP contribution in [-0.2, 0) is 6.42 Å². The molecule has 5 nitrogen and oxygen atoms in total. The Labute approximate surface area is 93.6 Å². The van der Waals surface area contributed by atoms with Crippen molar-refractivity contribution in [3.63, 3.8) is 0 Å². The fourth-order valence-electron chi connectivity index (χ4n) is 1.01. The smallest absolute Gasteiger partial charge is 0.252 e. The number of hydrogen-bond donors (Lipinski definition) is 1. The number of nitrogens with two attached hydrogens (primary N) is 1. The number of nitrogens with zero attached hydrogens (tertiary/aromatic N) is 4. The highest BCUT2D eigenvalue weighted by atomic mass is 35.5. The summed E-state index contributed by atoms with van der Waals surface area (Å²) in [5.41, 5.74) is 5.37. The van der Waals surface area contributed by atoms with Crippen LogP contribution in [0.3, 0.4) is 0 Å². The van der Waals surface area contributed by atoms with Gasteiger partial charge in [0.2, 0.25) is 0 Å². The van der Waals surface area contributed by atoms with Crippen LogP contribution in [0.15, 0.2) is 18.5 Å². The zero-order chi connectivity index (χ0) is 8.39. The fraction of sp³-hybridized carbons (Fsp3) is 0.286. The third kappa shape index (κ3) is 2.54. The summed E-state index contributed by atoms with van der Waals surface area (Å²) in [5, 5.41) is 4.17. The maximum Gasteiger partial charge on any atom is 0.252 e. The Balaban J connectivity index is 0.000000845. The lowest BCUT2D eigenvalue weighted by Gasteiger charge is -1.85. The molecule has 2 rings (SSSR count). The molecule has 0 radical (unpaired) electrons. The van der Waals surface area contributed by atoms with Gasteiger partial charge in [0.15, 0.2) is 5.82 Å². The van der Waals surface area contributed by atoms with Crippen LogP contribution in [0, 0.1) is 0 Å². The van der Waals surface area contributed by atoms with Crippen molar-refractivity contribution in [1.29, 1.82) is 0 Å². The molecule has 0 aliphatic rings. The molecule has 0 aliphatic heterocycles. The first kappa shape index (κ1) is 13.1. The third-order valence-corrected chi connectivity index (χ3v) is 1.53. The highest BCUT2D eigenvalue weighted by Gasteiger charge is 2.00. The zero-order valence-electron chi connectivity index (χ0n) is 7.33. The van der Waals surface area contributed by atoms with E-state index in [0.717, 1.165) is 5.82 Å². The van der Waals surface area contributed by atoms with E-state index < -0.39 is 0 Å². The lowest BCUT2D eigenvalue weighted by Crippen LogP contribution is -2.04. The molecule has 0 fully saturated rings. The Kier molecular flexibility index (Phi) is 5.37. The first-order chi connectivity index (χ1) is 5.90. The van der Waals surface area contributed by atoms with Crippen molar-refractivity contribution in [1.82, 2.24) is 19.6 Å². The highest BCUT2D eigenvalue weighted by Crippen LogP contribution is 1.96. The van der Waals surface area contributed by atoms with Crippen molar-refractivity contribution in [3.8, 4) is 0 Å². The summed E-state index contributed by atoms with van der Waals surface area (Å²) in [6.45, 7) is 0.566. The summed E-state index contributed by atoms with van der Waals surface area (Å²) in [6.07, 6.45) is 4.20. The molecule has 0 bridgehead atoms. The van der Waals surface area contributed by atoms with Crippen molar-refractivity contribution < 1.29 is 0 Å². The van der Waals surface area contributed by atoms with Gasteiger partial charge in [0.25, 0.3) is 5.78 Å². The minimum atomic E-state index is 0. The Morgan fingerprint density at radius 3 is 2.79 bits per heavy atom. The molecule has 0 atom stereocenters. The topological polar surface area (TPSA) is 69.1 Å². The van der Waals surface area contributed by atoms with E-state index in [0.29, 0.717) is 18.7 Å². The summed E-state index contributed by atoms with van der Waals surface area (Å²) >= 11 is 0. The maximum atomic E-state index is 5.37. The molecule has 0 unspecified atom stereocenters. The Morgan fingerprint density at radius 1 is 1.36 bits per heavy atom. The largest absolute Gasteiger partial charge is 0.330 e. The Morgan fingerprint density at radius 2 is 2.14 bits per heavy atom. The first-order valence-electron chi connectivity index (χ1n) is 3.76. The second-order valence-electron chi connectivity index (χ2n) is 2.43. The molecule has 78 valence electrons. The average molecular weight is 236 g/mol. The average Bonchev–Trinajstić information content (AvgIpc) is 2.47. The minimum absolute atomic E-state index is 0. The molecular formula is C7H11Cl2N5. The van der Waals surface area contributed by atoms with Gasteiger partial charge in [-0.1, -0.05) is 0 Å². The van der Waals surface area contributed by atoms with Crippen molar-refractivity contribution in [2.24, 2.45) is 5.73 Å². The van der Waals surface area contributed by atoms with Crippen molar-refractivity contribution in [2.45, 2.75) is 6.42 Å². The summed E-state index contributed by atoms with van der Waals surface area (Å²) in [7, 11) is 0. The minimum Gasteiger partial charge on any atom is -0.330 e. The molecule has 0 spiro atoms. The van der Waals surface area contributed by atoms with Crippen LogP contribution in [0.5, 0.6) is 0 Å². The van der Waals surface area contributed by atoms with Gasteiger partial charge in [-0.2, -0.15) is 4.98 Å². The van der Waals surface area contributed by atoms with E-state index in [1.165, 1.54) is 0 Å². The quantitative estimate of drug-likeness (QED) is 0.822. The van der Waals surface area contributed by atoms with Crippen LogP contribution in [-0.4, -0.2) is 26.1 Å². The number of aromatic nitrogens is 4. The third-order valence-electron chi connectivity index (χ3n) is 1.53. The molecule has 2 N–H and O–H groups in total. The first-order valence-corrected chi connectivity index (χ1v) is 3.76. The van der Waals surface area contributed by atoms with E-state index in [2.05, 4.69) is 15.1 Å². The predicted octanol–water partition coefficient (Wildman–Crippen LogP) is 0.469. The molecule has 14 heavy (non-hydrogen) atoms. The van der Waals surface area contributed by atoms with Crippen LogP contribution in [0.25, 0.3) is 5.78 Å². The van der Waals surface area contributed by atoms with Crippen molar-refractivity contribution in [3.05, 3.63) is 24.3 Å². The van der Waals surface area contributed by atoms with Crippen LogP contribution in [0.2, 0.25) is 0 Å². The molecular weight excluding hydrogens is 225 g/mol. The molecule has 2 aromatic heterocycles. The number of fused-ring (bicyclic) bond motifs is 1. The van der Waals surface area contributed by atoms with E-state index >= 15 is 0 Å². The van der Waals surface area contributed by atoms with Gasteiger partial charge < -0.3 is 5.73 Å². The second kappa shape index (κ2) is 5.74. The van der Waals surface area contributed by atoms with Crippen LogP contribution >= 0.6 is 24.8 Å². The lowest BCUT2D eigenvalue weighted by molar-refractivity contribution is 0.842. The monoisotopic (exact) mass is 235 g/mol. The van der Waals surface area contributed by atoms with Crippen LogP contribution in [0.1, 0.15) is 5.82 Å². The molecule has 2 aromatic rings. The fourth-order valence-corrected chi connectivity index (χ4v) is 1.01. The van der Waals surface area contributed by atoms with Gasteiger partial charge in [-0.15, -0.1) is 29.9 Å². The molecule has 0 saturated heterocycles. The van der Waals surface area contributed by atoms with Gasteiger partial charge >= 0.3 is 0 Å². The van der Waals surface area contributed by atoms with Gasteiger partial charge in [0.1, 0.15) is 0 Å². The lowest BCUT2D eigenvalue weighted by atomic mass is 10.4. The van der Waals surface area contributed by atoms with Gasteiger partial charge in [-0.25, -0.2) is 9.50 Å². The van der Waals surface area contributed by atoms with E-state index in [-0.39, 0.29) is 24.8 Å². The highest BCUT2D eigenvalue weighted by molar-refractivity contribution is 5.85. The summed E-state index contributed by atoms with van der Waals surface area (Å²) in [6, 6.07) is 1.81. The number of hydrogen-bond acceptors (Lipinski definition) is 4. The van der Waals surface area contributed by atoms with Crippen LogP contribution in [0.4, 0.5) is 0 Å². The Bertz CT molecular complexity index is 355. The van der Waals surface area contributed by atoms with Gasteiger partial charge in [0, 0.05) is 18.8 Å². The molecule has 7 heteroatoms. The molecule has 0 aromatic carbocycles. The van der Waals surface area contributed by atoms with E-state index in [4.69, 9.17) is 5.73 Å². The predicted molar refractivity (Wildman–Crippen MR) is 58.0 cm³/mol. The Hall–Kier alpha value is -0.910. The number of halogens is 2. The van der Waals surface area contributed by atoms with Crippen molar-refractivity contribution in [2.75, 3.05) is 6.54 Å². The summed E-state index contributed by atoms with van der Waals surface area (Å²) in [5.74, 6) is 1.37. The van der Waals surface area contributed by atoms with Gasteiger partial charge in [-0.3, -0.25) is 0 Å². The molecule has 0 saturated carbocycles. The van der Waals surface area contributed by atoms with Crippen LogP contribution < -0.4 is 5.73 Å². The second-order valence-corrected chi connectivity index (χ2v) is 2.43. The standard InChI is InChI=1S/C7H9N5.2ClH/c8-3-2-6-10-7-9-4-1-5-12(7)11-6;;/h1,4-5H,2-3,8H2;2*1H. The molecule has 2 heterocycles.